The Labute approximate surface area is 740 Å². The van der Waals surface area contributed by atoms with Gasteiger partial charge in [0, 0.05) is 121 Å². The third kappa shape index (κ3) is 43.6. The summed E-state index contributed by atoms with van der Waals surface area (Å²) in [6.45, 7) is 53.1. The lowest BCUT2D eigenvalue weighted by Crippen LogP contribution is -2.55. The molecule has 1 fully saturated rings. The Bertz CT molecular complexity index is 4540. The highest BCUT2D eigenvalue weighted by molar-refractivity contribution is 9.11. The van der Waals surface area contributed by atoms with E-state index < -0.39 is 50.8 Å². The molecule has 654 valence electrons. The molecule has 24 nitrogen and oxygen atoms in total. The van der Waals surface area contributed by atoms with Crippen molar-refractivity contribution < 1.29 is 49.3 Å². The lowest BCUT2D eigenvalue weighted by atomic mass is 10.1. The number of rotatable bonds is 22. The van der Waals surface area contributed by atoms with Crippen molar-refractivity contribution in [2.75, 3.05) is 78.7 Å². The van der Waals surface area contributed by atoms with Crippen LogP contribution in [0.4, 0.5) is 0 Å². The van der Waals surface area contributed by atoms with Crippen LogP contribution < -0.4 is 16.0 Å². The van der Waals surface area contributed by atoms with Crippen LogP contribution in [-0.2, 0) is 23.5 Å². The summed E-state index contributed by atoms with van der Waals surface area (Å²) in [6, 6.07) is 19.1. The third-order valence-corrected chi connectivity index (χ3v) is 28.5. The average molecular weight is 1910 g/mol. The van der Waals surface area contributed by atoms with Crippen LogP contribution in [-0.4, -0.2) is 199 Å². The van der Waals surface area contributed by atoms with E-state index in [0.29, 0.717) is 0 Å². The molecule has 10 aromatic heterocycles. The Kier molecular flexibility index (Phi) is 52.2. The van der Waals surface area contributed by atoms with Gasteiger partial charge >= 0.3 is 10.4 Å². The molecule has 0 radical (unpaired) electrons. The van der Waals surface area contributed by atoms with E-state index in [4.69, 9.17) is 32.6 Å². The van der Waals surface area contributed by atoms with Crippen LogP contribution in [0.3, 0.4) is 0 Å². The molecule has 0 aliphatic carbocycles. The molecule has 0 amide bonds. The number of oxime groups is 1. The van der Waals surface area contributed by atoms with Crippen molar-refractivity contribution in [3.05, 3.63) is 168 Å². The van der Waals surface area contributed by atoms with E-state index in [9.17, 15) is 8.42 Å². The van der Waals surface area contributed by atoms with Gasteiger partial charge in [0.1, 0.15) is 90.3 Å². The molecule has 0 unspecified atom stereocenters. The summed E-state index contributed by atoms with van der Waals surface area (Å²) < 4.78 is 60.4. The largest absolute Gasteiger partial charge is 0.411 e. The maximum atomic E-state index is 9.92. The second-order valence-electron chi connectivity index (χ2n) is 31.8. The third-order valence-electron chi connectivity index (χ3n) is 16.2. The van der Waals surface area contributed by atoms with Crippen LogP contribution in [0.15, 0.2) is 194 Å². The monoisotopic (exact) mass is 1900 g/mol. The summed E-state index contributed by atoms with van der Waals surface area (Å²) in [5.74, 6) is 2.25. The second kappa shape index (κ2) is 57.4. The van der Waals surface area contributed by atoms with Gasteiger partial charge in [0.15, 0.2) is 0 Å². The lowest BCUT2D eigenvalue weighted by molar-refractivity contribution is 0.198. The number of thioether (sulfide) groups is 2. The Morgan fingerprint density at radius 2 is 0.966 bits per heavy atom. The van der Waals surface area contributed by atoms with E-state index in [1.807, 2.05) is 66.6 Å². The SMILES string of the molecule is Brc1conc1-c1cccnc1.C.C1CCOC1.CCCCSc1conc1-c1cccnc1.CCCCSc1conc1C1=CCCN(C)C1.CCN(CC)CC.COS(=O)(=O)OC.C[Si](C)(C)C#C[Si](C)(C)C.C[Si](C)(C)c1onc(-c2cccnc2)c1Br.C[Si](C)(C)c1onc(-c2cccnc2)c1[Si](C)(C)C.O/N=C/c1cccnc1. The van der Waals surface area contributed by atoms with Gasteiger partial charge in [-0.25, -0.2) is 0 Å². The topological polar surface area (TPSA) is 295 Å². The molecule has 1 N–H and O–H groups in total. The van der Waals surface area contributed by atoms with E-state index in [-0.39, 0.29) is 7.43 Å². The summed E-state index contributed by atoms with van der Waals surface area (Å²) in [5, 5.41) is 34.9. The van der Waals surface area contributed by atoms with Crippen molar-refractivity contribution >= 4 is 134 Å². The molecule has 119 heavy (non-hydrogen) atoms. The van der Waals surface area contributed by atoms with Gasteiger partial charge in [0.2, 0.25) is 0 Å². The molecule has 1 saturated heterocycles. The minimum Gasteiger partial charge on any atom is -0.411 e. The van der Waals surface area contributed by atoms with Gasteiger partial charge in [-0.1, -0.05) is 196 Å². The van der Waals surface area contributed by atoms with Gasteiger partial charge in [-0.2, -0.15) is 8.42 Å². The fourth-order valence-corrected chi connectivity index (χ4v) is 23.9. The van der Waals surface area contributed by atoms with E-state index in [2.05, 4.69) is 269 Å². The molecule has 10 aromatic rings. The zero-order chi connectivity index (χ0) is 87.8. The highest BCUT2D eigenvalue weighted by atomic mass is 79.9. The predicted octanol–water partition coefficient (Wildman–Crippen LogP) is 21.2. The first-order valence-corrected chi connectivity index (χ1v) is 62.0. The van der Waals surface area contributed by atoms with Crippen molar-refractivity contribution in [3.8, 4) is 56.1 Å². The summed E-state index contributed by atoms with van der Waals surface area (Å²) in [4.78, 5) is 27.1. The minimum absolute atomic E-state index is 0. The van der Waals surface area contributed by atoms with Gasteiger partial charge in [0.05, 0.1) is 47.2 Å². The Morgan fingerprint density at radius 1 is 0.555 bits per heavy atom. The Balaban J connectivity index is 0.000000457. The number of unbranched alkanes of at least 4 members (excludes halogenated alkanes) is 2. The second-order valence-corrected chi connectivity index (χ2v) is 61.6. The highest BCUT2D eigenvalue weighted by Gasteiger charge is 2.36. The molecule has 0 spiro atoms. The Hall–Kier alpha value is -6.94. The summed E-state index contributed by atoms with van der Waals surface area (Å²) in [7, 11) is -6.15. The zero-order valence-electron chi connectivity index (χ0n) is 73.6. The fraction of sp³-hybridized carbons (Fsp3) is 0.471. The number of hydrogen-bond acceptors (Lipinski definition) is 26. The number of aromatic nitrogens is 10. The molecule has 0 atom stereocenters. The molecule has 12 heterocycles. The predicted molar refractivity (Wildman–Crippen MR) is 512 cm³/mol. The van der Waals surface area contributed by atoms with E-state index in [1.54, 1.807) is 92.3 Å². The van der Waals surface area contributed by atoms with Crippen molar-refractivity contribution in [1.82, 2.24) is 60.5 Å². The first-order valence-electron chi connectivity index (χ1n) is 39.6. The molecule has 0 saturated carbocycles. The van der Waals surface area contributed by atoms with Crippen molar-refractivity contribution in [3.63, 3.8) is 0 Å². The van der Waals surface area contributed by atoms with Crippen molar-refractivity contribution in [2.45, 2.75) is 195 Å². The quantitative estimate of drug-likeness (QED) is 0.0125. The molecule has 0 aromatic carbocycles. The van der Waals surface area contributed by atoms with Gasteiger partial charge in [-0.3, -0.25) is 33.3 Å². The number of nitrogens with zero attached hydrogens (tertiary/aromatic N) is 13. The first kappa shape index (κ1) is 108. The first-order chi connectivity index (χ1) is 55.9. The minimum atomic E-state index is -3.66. The smallest absolute Gasteiger partial charge is 0.399 e. The van der Waals surface area contributed by atoms with E-state index in [1.165, 1.54) is 80.0 Å². The van der Waals surface area contributed by atoms with Crippen LogP contribution in [0.25, 0.3) is 50.6 Å². The van der Waals surface area contributed by atoms with Crippen molar-refractivity contribution in [2.24, 2.45) is 5.16 Å². The van der Waals surface area contributed by atoms with E-state index >= 15 is 0 Å². The van der Waals surface area contributed by atoms with Crippen LogP contribution in [0, 0.1) is 11.1 Å². The highest BCUT2D eigenvalue weighted by Crippen LogP contribution is 2.33. The molecule has 2 aliphatic heterocycles. The maximum Gasteiger partial charge on any atom is 0.399 e. The van der Waals surface area contributed by atoms with Gasteiger partial charge in [-0.15, -0.1) is 34.6 Å². The molecule has 34 heteroatoms. The molecule has 0 bridgehead atoms. The maximum absolute atomic E-state index is 9.92. The number of halogens is 2. The number of likely N-dealkylation sites (N-methyl/N-ethyl adjacent to an activating group) is 1. The number of pyridine rings is 5. The fourth-order valence-electron chi connectivity index (χ4n) is 9.98. The normalized spacial score (nSPS) is 12.6. The van der Waals surface area contributed by atoms with Crippen LogP contribution in [0.2, 0.25) is 98.2 Å². The van der Waals surface area contributed by atoms with Crippen molar-refractivity contribution in [1.29, 1.82) is 0 Å². The van der Waals surface area contributed by atoms with Gasteiger partial charge < -0.3 is 42.4 Å². The number of ether oxygens (including phenoxy) is 1. The van der Waals surface area contributed by atoms with Crippen LogP contribution >= 0.6 is 55.4 Å². The molecular weight excluding hydrogens is 1780 g/mol. The molecule has 2 aliphatic rings. The summed E-state index contributed by atoms with van der Waals surface area (Å²) >= 11 is 10.5. The van der Waals surface area contributed by atoms with Gasteiger partial charge in [0.25, 0.3) is 0 Å². The summed E-state index contributed by atoms with van der Waals surface area (Å²) in [6.07, 6.45) is 34.7. The summed E-state index contributed by atoms with van der Waals surface area (Å²) in [5.41, 5.74) is 17.5. The molecule has 12 rings (SSSR count). The van der Waals surface area contributed by atoms with Gasteiger partial charge in [-0.05, 0) is 162 Å². The van der Waals surface area contributed by atoms with E-state index in [0.717, 1.165) is 139 Å². The zero-order valence-corrected chi connectivity index (χ0v) is 84.2. The average Bonchev–Trinajstić information content (AvgIpc) is 1.63. The van der Waals surface area contributed by atoms with Crippen LogP contribution in [0.1, 0.15) is 98.2 Å². The lowest BCUT2D eigenvalue weighted by Gasteiger charge is -2.22. The number of hydrogen-bond donors (Lipinski definition) is 1. The Morgan fingerprint density at radius 3 is 1.31 bits per heavy atom. The standard InChI is InChI=1S/C14H22N2OSi2.C13H20N2OS.C12H14N2OS.C11H13BrN2OSi.C8H5BrN2O.C8H18Si2.C6H6N2O.C6H15N.C4H8O.C2H6O4S.CH4/c1-18(2,3)13-12(11-8-7-9-15-10-11)16-17-14(13)19(4,5)6;1-3-4-8-17-12-10-16-14-13(12)11-6-5-7-15(2)9-11;1-2-3-7-16-11-9-15-14-12(11)10-5-4-6-13-8-10;1-16(2,3)11-9(12)10(14-15-11)8-5-4-6-13-7-8;9-7-5-12-11-8(7)6-2-1-3-10-4-6;1-9(2,3)7-8-10(4,5)6;9-8-5-6-2-1-3-7-4-6;1-4-7(5-2)6-3;1-2-4-5-3-1;1-5-7(3,4)6-2;/h7-10H,1-6H3;6,10H,3-5,7-9H2,1-2H3;4-6,8-9H,2-3,7H2,1H3;4-7H,1-3H3;1-5H;1-6H3;1-5,9H;4-6H2,1-3H3;1-4H2;1-2H3;1H4/b;;;;;;8-5+;;;;. The molecular formula is C85H131Br2N13O11S3Si5. The van der Waals surface area contributed by atoms with Crippen LogP contribution in [0.5, 0.6) is 0 Å².